The number of hydrogen-bond donors (Lipinski definition) is 1. The molecule has 1 aliphatic rings. The van der Waals surface area contributed by atoms with Crippen molar-refractivity contribution < 1.29 is 26.4 Å². The number of sulfone groups is 1. The lowest BCUT2D eigenvalue weighted by atomic mass is 9.77. The van der Waals surface area contributed by atoms with Gasteiger partial charge in [0.1, 0.15) is 0 Å². The fourth-order valence-corrected chi connectivity index (χ4v) is 4.62. The van der Waals surface area contributed by atoms with Gasteiger partial charge in [0.25, 0.3) is 0 Å². The molecule has 3 aromatic carbocycles. The standard InChI is InChI=1S/C24H20F3NO3S/c1-23(14-15-6-9-19(10-7-15)32(2,30)31)20-13-17(8-11-21(20)28-22(23)29)16-4-3-5-18(12-16)24(25,26)27/h3-13H,14H2,1-2H3,(H,28,29). The molecular formula is C24H20F3NO3S. The van der Waals surface area contributed by atoms with Crippen LogP contribution < -0.4 is 5.32 Å². The summed E-state index contributed by atoms with van der Waals surface area (Å²) in [7, 11) is -3.33. The molecule has 0 aromatic heterocycles. The van der Waals surface area contributed by atoms with Crippen LogP contribution in [0.4, 0.5) is 18.9 Å². The van der Waals surface area contributed by atoms with Crippen LogP contribution in [0.3, 0.4) is 0 Å². The molecule has 4 nitrogen and oxygen atoms in total. The van der Waals surface area contributed by atoms with Crippen molar-refractivity contribution in [3.63, 3.8) is 0 Å². The summed E-state index contributed by atoms with van der Waals surface area (Å²) in [5, 5.41) is 2.84. The second-order valence-corrected chi connectivity index (χ2v) is 10.2. The molecule has 0 spiro atoms. The fourth-order valence-electron chi connectivity index (χ4n) is 3.99. The smallest absolute Gasteiger partial charge is 0.325 e. The van der Waals surface area contributed by atoms with Crippen LogP contribution in [0.5, 0.6) is 0 Å². The zero-order valence-corrected chi connectivity index (χ0v) is 18.1. The Morgan fingerprint density at radius 1 is 0.938 bits per heavy atom. The summed E-state index contributed by atoms with van der Waals surface area (Å²) in [6.45, 7) is 1.77. The SMILES string of the molecule is CC1(Cc2ccc(S(C)(=O)=O)cc2)C(=O)Nc2ccc(-c3cccc(C(F)(F)F)c3)cc21. The van der Waals surface area contributed by atoms with Gasteiger partial charge in [0.05, 0.1) is 15.9 Å². The van der Waals surface area contributed by atoms with E-state index in [1.54, 1.807) is 43.3 Å². The molecule has 166 valence electrons. The number of alkyl halides is 3. The summed E-state index contributed by atoms with van der Waals surface area (Å²) in [5.74, 6) is -0.221. The fraction of sp³-hybridized carbons (Fsp3) is 0.208. The zero-order chi connectivity index (χ0) is 23.3. The van der Waals surface area contributed by atoms with Gasteiger partial charge in [0.2, 0.25) is 5.91 Å². The summed E-state index contributed by atoms with van der Waals surface area (Å²) >= 11 is 0. The lowest BCUT2D eigenvalue weighted by Crippen LogP contribution is -2.33. The number of benzene rings is 3. The Bertz CT molecular complexity index is 1320. The molecule has 0 radical (unpaired) electrons. The maximum absolute atomic E-state index is 13.1. The number of anilines is 1. The van der Waals surface area contributed by atoms with Gasteiger partial charge < -0.3 is 5.32 Å². The second kappa shape index (κ2) is 7.48. The van der Waals surface area contributed by atoms with E-state index in [9.17, 15) is 26.4 Å². The third-order valence-corrected chi connectivity index (χ3v) is 6.92. The molecule has 1 atom stereocenters. The highest BCUT2D eigenvalue weighted by Crippen LogP contribution is 2.42. The van der Waals surface area contributed by atoms with Crippen molar-refractivity contribution in [3.8, 4) is 11.1 Å². The normalized spacial score (nSPS) is 18.3. The van der Waals surface area contributed by atoms with Gasteiger partial charge in [-0.1, -0.05) is 30.3 Å². The maximum Gasteiger partial charge on any atom is 0.416 e. The van der Waals surface area contributed by atoms with E-state index in [0.29, 0.717) is 28.8 Å². The van der Waals surface area contributed by atoms with Gasteiger partial charge in [-0.2, -0.15) is 13.2 Å². The van der Waals surface area contributed by atoms with Crippen molar-refractivity contribution >= 4 is 21.4 Å². The third-order valence-electron chi connectivity index (χ3n) is 5.80. The van der Waals surface area contributed by atoms with Crippen molar-refractivity contribution in [2.75, 3.05) is 11.6 Å². The Labute approximate surface area is 184 Å². The lowest BCUT2D eigenvalue weighted by molar-refractivity contribution is -0.137. The Morgan fingerprint density at radius 2 is 1.59 bits per heavy atom. The Kier molecular flexibility index (Phi) is 5.16. The average molecular weight is 459 g/mol. The van der Waals surface area contributed by atoms with Crippen LogP contribution in [-0.4, -0.2) is 20.6 Å². The van der Waals surface area contributed by atoms with Crippen molar-refractivity contribution in [2.24, 2.45) is 0 Å². The van der Waals surface area contributed by atoms with Crippen LogP contribution in [-0.2, 0) is 32.6 Å². The van der Waals surface area contributed by atoms with Gasteiger partial charge in [0, 0.05) is 11.9 Å². The first-order valence-corrected chi connectivity index (χ1v) is 11.7. The van der Waals surface area contributed by atoms with Crippen LogP contribution in [0.15, 0.2) is 71.6 Å². The number of amides is 1. The minimum atomic E-state index is -4.45. The molecule has 0 bridgehead atoms. The van der Waals surface area contributed by atoms with Crippen LogP contribution in [0, 0.1) is 0 Å². The lowest BCUT2D eigenvalue weighted by Gasteiger charge is -2.23. The summed E-state index contributed by atoms with van der Waals surface area (Å²) in [4.78, 5) is 13.1. The van der Waals surface area contributed by atoms with Gasteiger partial charge in [0.15, 0.2) is 9.84 Å². The molecule has 1 heterocycles. The van der Waals surface area contributed by atoms with Gasteiger partial charge in [-0.25, -0.2) is 8.42 Å². The molecule has 0 saturated heterocycles. The van der Waals surface area contributed by atoms with E-state index in [4.69, 9.17) is 0 Å². The van der Waals surface area contributed by atoms with Crippen molar-refractivity contribution in [3.05, 3.63) is 83.4 Å². The van der Waals surface area contributed by atoms with Crippen LogP contribution >= 0.6 is 0 Å². The number of hydrogen-bond acceptors (Lipinski definition) is 3. The van der Waals surface area contributed by atoms with E-state index in [-0.39, 0.29) is 10.8 Å². The molecule has 8 heteroatoms. The number of rotatable bonds is 4. The Balaban J connectivity index is 1.71. The summed E-state index contributed by atoms with van der Waals surface area (Å²) in [5.41, 5.74) is 1.35. The summed E-state index contributed by atoms with van der Waals surface area (Å²) in [6.07, 6.45) is -3.02. The van der Waals surface area contributed by atoms with Gasteiger partial charge in [-0.3, -0.25) is 4.79 Å². The first kappa shape index (κ1) is 22.1. The molecule has 1 aliphatic heterocycles. The van der Waals surface area contributed by atoms with Gasteiger partial charge in [-0.15, -0.1) is 0 Å². The predicted molar refractivity (Wildman–Crippen MR) is 116 cm³/mol. The van der Waals surface area contributed by atoms with Crippen LogP contribution in [0.1, 0.15) is 23.6 Å². The number of carbonyl (C=O) groups excluding carboxylic acids is 1. The first-order valence-electron chi connectivity index (χ1n) is 9.80. The second-order valence-electron chi connectivity index (χ2n) is 8.22. The highest BCUT2D eigenvalue weighted by molar-refractivity contribution is 7.90. The van der Waals surface area contributed by atoms with Gasteiger partial charge >= 0.3 is 6.18 Å². The maximum atomic E-state index is 13.1. The zero-order valence-electron chi connectivity index (χ0n) is 17.3. The van der Waals surface area contributed by atoms with E-state index >= 15 is 0 Å². The number of halogens is 3. The van der Waals surface area contributed by atoms with E-state index in [1.807, 2.05) is 0 Å². The van der Waals surface area contributed by atoms with E-state index in [1.165, 1.54) is 18.2 Å². The molecule has 0 fully saturated rings. The van der Waals surface area contributed by atoms with E-state index in [2.05, 4.69) is 5.32 Å². The Hall–Kier alpha value is -3.13. The number of carbonyl (C=O) groups is 1. The average Bonchev–Trinajstić information content (AvgIpc) is 2.97. The van der Waals surface area contributed by atoms with Crippen molar-refractivity contribution in [1.82, 2.24) is 0 Å². The first-order chi connectivity index (χ1) is 14.9. The third kappa shape index (κ3) is 4.02. The quantitative estimate of drug-likeness (QED) is 0.581. The van der Waals surface area contributed by atoms with Crippen LogP contribution in [0.2, 0.25) is 0 Å². The largest absolute Gasteiger partial charge is 0.416 e. The number of nitrogens with one attached hydrogen (secondary N) is 1. The van der Waals surface area contributed by atoms with Crippen molar-refractivity contribution in [1.29, 1.82) is 0 Å². The predicted octanol–water partition coefficient (Wildman–Crippen LogP) is 5.23. The molecule has 1 unspecified atom stereocenters. The molecule has 4 rings (SSSR count). The highest BCUT2D eigenvalue weighted by Gasteiger charge is 2.43. The summed E-state index contributed by atoms with van der Waals surface area (Å²) in [6, 6.07) is 16.5. The topological polar surface area (TPSA) is 63.2 Å². The highest BCUT2D eigenvalue weighted by atomic mass is 32.2. The Morgan fingerprint density at radius 3 is 2.22 bits per heavy atom. The van der Waals surface area contributed by atoms with Crippen LogP contribution in [0.25, 0.3) is 11.1 Å². The minimum absolute atomic E-state index is 0.189. The number of fused-ring (bicyclic) bond motifs is 1. The molecular weight excluding hydrogens is 439 g/mol. The summed E-state index contributed by atoms with van der Waals surface area (Å²) < 4.78 is 62.8. The minimum Gasteiger partial charge on any atom is -0.325 e. The molecule has 0 aliphatic carbocycles. The van der Waals surface area contributed by atoms with Gasteiger partial charge in [-0.05, 0) is 72.0 Å². The van der Waals surface area contributed by atoms with E-state index < -0.39 is 27.0 Å². The molecule has 0 saturated carbocycles. The monoisotopic (exact) mass is 459 g/mol. The van der Waals surface area contributed by atoms with Crippen molar-refractivity contribution in [2.45, 2.75) is 29.8 Å². The molecule has 1 N–H and O–H groups in total. The molecule has 1 amide bonds. The van der Waals surface area contributed by atoms with E-state index in [0.717, 1.165) is 24.0 Å². The molecule has 32 heavy (non-hydrogen) atoms. The molecule has 3 aromatic rings.